The summed E-state index contributed by atoms with van der Waals surface area (Å²) < 4.78 is 3.09. The highest BCUT2D eigenvalue weighted by molar-refractivity contribution is 5.45. The van der Waals surface area contributed by atoms with Gasteiger partial charge in [0, 0.05) is 19.4 Å². The minimum atomic E-state index is -0.407. The molecule has 3 rings (SSSR count). The Labute approximate surface area is 109 Å². The largest absolute Gasteiger partial charge is 0.332 e. The Morgan fingerprint density at radius 2 is 2.11 bits per heavy atom. The van der Waals surface area contributed by atoms with Crippen molar-refractivity contribution in [1.82, 2.24) is 9.13 Å². The molecule has 5 heteroatoms. The van der Waals surface area contributed by atoms with E-state index in [1.54, 1.807) is 30.1 Å². The van der Waals surface area contributed by atoms with E-state index in [2.05, 4.69) is 4.99 Å². The zero-order chi connectivity index (χ0) is 13.5. The van der Waals surface area contributed by atoms with Crippen LogP contribution in [0.1, 0.15) is 18.4 Å². The van der Waals surface area contributed by atoms with Gasteiger partial charge in [-0.2, -0.15) is 4.99 Å². The van der Waals surface area contributed by atoms with Crippen LogP contribution in [0.5, 0.6) is 0 Å². The van der Waals surface area contributed by atoms with Crippen molar-refractivity contribution < 1.29 is 4.79 Å². The lowest BCUT2D eigenvalue weighted by Gasteiger charge is -2.10. The predicted octanol–water partition coefficient (Wildman–Crippen LogP) is 1.50. The van der Waals surface area contributed by atoms with Gasteiger partial charge in [-0.05, 0) is 30.5 Å². The van der Waals surface area contributed by atoms with Gasteiger partial charge in [0.1, 0.15) is 0 Å². The maximum Gasteiger partial charge on any atom is 0.332 e. The van der Waals surface area contributed by atoms with Crippen LogP contribution in [0.25, 0.3) is 5.69 Å². The second-order valence-electron chi connectivity index (χ2n) is 4.85. The number of hydrogen-bond acceptors (Lipinski definition) is 3. The minimum absolute atomic E-state index is 0.0964. The van der Waals surface area contributed by atoms with Crippen LogP contribution in [0.3, 0.4) is 0 Å². The first-order chi connectivity index (χ1) is 9.16. The molecule has 0 unspecified atom stereocenters. The van der Waals surface area contributed by atoms with E-state index in [1.165, 1.54) is 4.57 Å². The average molecular weight is 255 g/mol. The third-order valence-electron chi connectivity index (χ3n) is 3.59. The Bertz CT molecular complexity index is 731. The van der Waals surface area contributed by atoms with Crippen molar-refractivity contribution in [1.29, 1.82) is 0 Å². The number of benzene rings is 1. The maximum atomic E-state index is 11.9. The van der Waals surface area contributed by atoms with E-state index in [1.807, 2.05) is 24.3 Å². The summed E-state index contributed by atoms with van der Waals surface area (Å²) in [6.45, 7) is 0. The first-order valence-corrected chi connectivity index (χ1v) is 6.10. The quantitative estimate of drug-likeness (QED) is 0.616. The summed E-state index contributed by atoms with van der Waals surface area (Å²) in [6.07, 6.45) is 6.80. The molecular formula is C14H13N3O2. The highest BCUT2D eigenvalue weighted by atomic mass is 16.1. The summed E-state index contributed by atoms with van der Waals surface area (Å²) >= 11 is 0. The molecule has 1 heterocycles. The van der Waals surface area contributed by atoms with Gasteiger partial charge < -0.3 is 4.57 Å². The van der Waals surface area contributed by atoms with Crippen molar-refractivity contribution in [2.75, 3.05) is 0 Å². The number of aromatic nitrogens is 2. The van der Waals surface area contributed by atoms with Gasteiger partial charge in [0.05, 0.1) is 11.2 Å². The van der Waals surface area contributed by atoms with E-state index in [0.29, 0.717) is 0 Å². The predicted molar refractivity (Wildman–Crippen MR) is 70.0 cm³/mol. The molecule has 0 atom stereocenters. The number of carbonyl (C=O) groups excluding carboxylic acids is 1. The lowest BCUT2D eigenvalue weighted by Crippen LogP contribution is -2.20. The molecule has 2 aromatic rings. The van der Waals surface area contributed by atoms with Gasteiger partial charge in [-0.15, -0.1) is 0 Å². The number of isocyanates is 1. The number of imidazole rings is 1. The van der Waals surface area contributed by atoms with E-state index in [-0.39, 0.29) is 5.69 Å². The van der Waals surface area contributed by atoms with Crippen LogP contribution in [0.15, 0.2) is 46.4 Å². The molecule has 1 aromatic carbocycles. The smallest absolute Gasteiger partial charge is 0.302 e. The molecular weight excluding hydrogens is 242 g/mol. The zero-order valence-electron chi connectivity index (χ0n) is 10.5. The average Bonchev–Trinajstić information content (AvgIpc) is 3.13. The minimum Gasteiger partial charge on any atom is -0.302 e. The van der Waals surface area contributed by atoms with E-state index >= 15 is 0 Å². The van der Waals surface area contributed by atoms with E-state index < -0.39 is 5.54 Å². The van der Waals surface area contributed by atoms with Gasteiger partial charge in [0.15, 0.2) is 0 Å². The first-order valence-electron chi connectivity index (χ1n) is 6.10. The van der Waals surface area contributed by atoms with Gasteiger partial charge in [0.2, 0.25) is 6.08 Å². The van der Waals surface area contributed by atoms with Crippen LogP contribution < -0.4 is 5.69 Å². The van der Waals surface area contributed by atoms with Gasteiger partial charge >= 0.3 is 5.69 Å². The number of rotatable bonds is 3. The molecule has 0 radical (unpaired) electrons. The number of aliphatic imine (C=N–C) groups is 1. The van der Waals surface area contributed by atoms with Crippen molar-refractivity contribution in [2.24, 2.45) is 12.0 Å². The van der Waals surface area contributed by atoms with E-state index in [4.69, 9.17) is 0 Å². The molecule has 0 aliphatic heterocycles. The van der Waals surface area contributed by atoms with Gasteiger partial charge in [-0.25, -0.2) is 9.59 Å². The van der Waals surface area contributed by atoms with E-state index in [0.717, 1.165) is 24.1 Å². The van der Waals surface area contributed by atoms with Crippen molar-refractivity contribution in [3.63, 3.8) is 0 Å². The molecule has 1 aliphatic rings. The summed E-state index contributed by atoms with van der Waals surface area (Å²) in [5, 5.41) is 0. The van der Waals surface area contributed by atoms with Crippen LogP contribution >= 0.6 is 0 Å². The molecule has 1 fully saturated rings. The van der Waals surface area contributed by atoms with Gasteiger partial charge in [-0.3, -0.25) is 4.57 Å². The molecule has 1 aliphatic carbocycles. The normalized spacial score (nSPS) is 15.8. The van der Waals surface area contributed by atoms with Crippen molar-refractivity contribution in [3.8, 4) is 5.69 Å². The first kappa shape index (κ1) is 11.7. The molecule has 0 saturated heterocycles. The summed E-state index contributed by atoms with van der Waals surface area (Å²) in [6, 6.07) is 7.59. The fourth-order valence-electron chi connectivity index (χ4n) is 2.28. The lowest BCUT2D eigenvalue weighted by molar-refractivity contribution is 0.556. The molecule has 1 aromatic heterocycles. The second-order valence-corrected chi connectivity index (χ2v) is 4.85. The monoisotopic (exact) mass is 255 g/mol. The van der Waals surface area contributed by atoms with Gasteiger partial charge in [-0.1, -0.05) is 12.1 Å². The molecule has 0 bridgehead atoms. The molecule has 0 spiro atoms. The van der Waals surface area contributed by atoms with E-state index in [9.17, 15) is 9.59 Å². The van der Waals surface area contributed by atoms with Crippen molar-refractivity contribution >= 4 is 6.08 Å². The highest BCUT2D eigenvalue weighted by Crippen LogP contribution is 2.49. The van der Waals surface area contributed by atoms with Crippen molar-refractivity contribution in [2.45, 2.75) is 18.4 Å². The SMILES string of the molecule is Cn1ccn(-c2cccc(C3(N=C=O)CC3)c2)c1=O. The Morgan fingerprint density at radius 1 is 1.32 bits per heavy atom. The Kier molecular flexibility index (Phi) is 2.50. The highest BCUT2D eigenvalue weighted by Gasteiger charge is 2.44. The van der Waals surface area contributed by atoms with Crippen LogP contribution in [-0.2, 0) is 17.4 Å². The standard InChI is InChI=1S/C14H13N3O2/c1-16-7-8-17(13(16)19)12-4-2-3-11(9-12)14(5-6-14)15-10-18/h2-4,7-9H,5-6H2,1H3. The molecule has 0 N–H and O–H groups in total. The fraction of sp³-hybridized carbons (Fsp3) is 0.286. The second kappa shape index (κ2) is 4.07. The molecule has 1 saturated carbocycles. The van der Waals surface area contributed by atoms with Crippen LogP contribution in [0.2, 0.25) is 0 Å². The third kappa shape index (κ3) is 1.84. The van der Waals surface area contributed by atoms with Crippen LogP contribution in [-0.4, -0.2) is 15.2 Å². The Balaban J connectivity index is 2.09. The number of hydrogen-bond donors (Lipinski definition) is 0. The zero-order valence-corrected chi connectivity index (χ0v) is 10.5. The topological polar surface area (TPSA) is 56.4 Å². The molecule has 96 valence electrons. The summed E-state index contributed by atoms with van der Waals surface area (Å²) in [4.78, 5) is 26.3. The van der Waals surface area contributed by atoms with Crippen molar-refractivity contribution in [3.05, 3.63) is 52.7 Å². The molecule has 19 heavy (non-hydrogen) atoms. The molecule has 0 amide bonds. The number of nitrogens with zero attached hydrogens (tertiary/aromatic N) is 3. The molecule has 5 nitrogen and oxygen atoms in total. The lowest BCUT2D eigenvalue weighted by atomic mass is 10.0. The van der Waals surface area contributed by atoms with Crippen LogP contribution in [0, 0.1) is 0 Å². The fourth-order valence-corrected chi connectivity index (χ4v) is 2.28. The summed E-state index contributed by atoms with van der Waals surface area (Å²) in [7, 11) is 1.71. The summed E-state index contributed by atoms with van der Waals surface area (Å²) in [5.74, 6) is 0. The van der Waals surface area contributed by atoms with Crippen LogP contribution in [0.4, 0.5) is 0 Å². The Morgan fingerprint density at radius 3 is 2.68 bits per heavy atom. The maximum absolute atomic E-state index is 11.9. The Hall–Kier alpha value is -2.39. The summed E-state index contributed by atoms with van der Waals surface area (Å²) in [5.41, 5.74) is 1.25. The van der Waals surface area contributed by atoms with Gasteiger partial charge in [0.25, 0.3) is 0 Å². The third-order valence-corrected chi connectivity index (χ3v) is 3.59. The number of aryl methyl sites for hydroxylation is 1.